The molecule has 0 bridgehead atoms. The summed E-state index contributed by atoms with van der Waals surface area (Å²) in [4.78, 5) is 38.7. The molecule has 2 rings (SSSR count). The third kappa shape index (κ3) is 7.28. The number of ether oxygens (including phenoxy) is 2. The van der Waals surface area contributed by atoms with E-state index in [-0.39, 0.29) is 29.4 Å². The number of nitro benzene ring substituents is 1. The zero-order valence-electron chi connectivity index (χ0n) is 18.1. The molecule has 1 aromatic heterocycles. The van der Waals surface area contributed by atoms with Gasteiger partial charge in [0, 0.05) is 18.8 Å². The first-order chi connectivity index (χ1) is 15.4. The second-order valence-electron chi connectivity index (χ2n) is 7.66. The number of nitrogens with zero attached hydrogens (tertiary/aromatic N) is 3. The number of non-ortho nitro benzene ring substituents is 1. The second-order valence-corrected chi connectivity index (χ2v) is 7.66. The SMILES string of the molecule is CC(C)(C)OC(=O)Nc1nccc(Oc2ccc([N+](=O)[O-])cc2F)c1CN(CCO)C(=O)O. The fraction of sp³-hybridized carbons (Fsp3) is 0.350. The van der Waals surface area contributed by atoms with E-state index in [1.807, 2.05) is 0 Å². The van der Waals surface area contributed by atoms with E-state index in [0.717, 1.165) is 17.0 Å². The summed E-state index contributed by atoms with van der Waals surface area (Å²) < 4.78 is 25.1. The standard InChI is InChI=1S/C20H23FN4O8/c1-20(2,3)33-18(27)23-17-13(11-24(8-9-26)19(28)29)15(6-7-22-17)32-16-5-4-12(25(30)31)10-14(16)21/h4-7,10,26H,8-9,11H2,1-3H3,(H,28,29)(H,22,23,27). The van der Waals surface area contributed by atoms with Crippen LogP contribution in [0.1, 0.15) is 26.3 Å². The number of benzene rings is 1. The van der Waals surface area contributed by atoms with E-state index in [4.69, 9.17) is 9.47 Å². The molecule has 1 heterocycles. The summed E-state index contributed by atoms with van der Waals surface area (Å²) in [7, 11) is 0. The normalized spacial score (nSPS) is 10.9. The Hall–Kier alpha value is -4.00. The number of nitro groups is 1. The fourth-order valence-electron chi connectivity index (χ4n) is 2.59. The van der Waals surface area contributed by atoms with Gasteiger partial charge in [-0.15, -0.1) is 0 Å². The van der Waals surface area contributed by atoms with Crippen LogP contribution in [0.15, 0.2) is 30.5 Å². The van der Waals surface area contributed by atoms with Gasteiger partial charge in [0.1, 0.15) is 17.2 Å². The first-order valence-electron chi connectivity index (χ1n) is 9.59. The topological polar surface area (TPSA) is 164 Å². The monoisotopic (exact) mass is 466 g/mol. The van der Waals surface area contributed by atoms with Crippen molar-refractivity contribution in [1.82, 2.24) is 9.88 Å². The molecule has 3 N–H and O–H groups in total. The first kappa shape index (κ1) is 25.3. The van der Waals surface area contributed by atoms with Crippen LogP contribution in [0.3, 0.4) is 0 Å². The summed E-state index contributed by atoms with van der Waals surface area (Å²) >= 11 is 0. The fourth-order valence-corrected chi connectivity index (χ4v) is 2.59. The van der Waals surface area contributed by atoms with E-state index in [9.17, 15) is 34.3 Å². The van der Waals surface area contributed by atoms with Gasteiger partial charge in [0.25, 0.3) is 5.69 Å². The Labute approximate surface area is 187 Å². The van der Waals surface area contributed by atoms with Gasteiger partial charge < -0.3 is 24.6 Å². The zero-order chi connectivity index (χ0) is 24.8. The highest BCUT2D eigenvalue weighted by molar-refractivity contribution is 5.85. The number of aliphatic hydroxyl groups excluding tert-OH is 1. The summed E-state index contributed by atoms with van der Waals surface area (Å²) in [5.41, 5.74) is -1.27. The van der Waals surface area contributed by atoms with Gasteiger partial charge in [-0.3, -0.25) is 15.4 Å². The molecule has 0 aliphatic rings. The average Bonchev–Trinajstić information content (AvgIpc) is 2.69. The van der Waals surface area contributed by atoms with E-state index in [1.165, 1.54) is 12.3 Å². The Morgan fingerprint density at radius 2 is 1.97 bits per heavy atom. The maximum absolute atomic E-state index is 14.4. The van der Waals surface area contributed by atoms with Gasteiger partial charge in [-0.2, -0.15) is 0 Å². The number of hydrogen-bond acceptors (Lipinski definition) is 8. The molecule has 0 unspecified atom stereocenters. The van der Waals surface area contributed by atoms with Crippen molar-refractivity contribution in [3.05, 3.63) is 52.0 Å². The van der Waals surface area contributed by atoms with Crippen molar-refractivity contribution in [2.45, 2.75) is 32.9 Å². The summed E-state index contributed by atoms with van der Waals surface area (Å²) in [5.74, 6) is -1.60. The van der Waals surface area contributed by atoms with E-state index in [2.05, 4.69) is 10.3 Å². The molecule has 12 nitrogen and oxygen atoms in total. The molecule has 0 atom stereocenters. The number of aliphatic hydroxyl groups is 1. The molecule has 13 heteroatoms. The molecule has 1 aromatic carbocycles. The molecule has 0 fully saturated rings. The van der Waals surface area contributed by atoms with Crippen LogP contribution >= 0.6 is 0 Å². The van der Waals surface area contributed by atoms with Crippen LogP contribution in [0, 0.1) is 15.9 Å². The minimum atomic E-state index is -1.37. The van der Waals surface area contributed by atoms with Gasteiger partial charge in [-0.25, -0.2) is 19.0 Å². The van der Waals surface area contributed by atoms with Crippen LogP contribution in [-0.4, -0.2) is 56.0 Å². The lowest BCUT2D eigenvalue weighted by molar-refractivity contribution is -0.385. The van der Waals surface area contributed by atoms with Gasteiger partial charge in [-0.05, 0) is 32.9 Å². The van der Waals surface area contributed by atoms with Crippen LogP contribution in [0.2, 0.25) is 0 Å². The number of halogens is 1. The Kier molecular flexibility index (Phi) is 8.07. The maximum Gasteiger partial charge on any atom is 0.413 e. The van der Waals surface area contributed by atoms with E-state index < -0.39 is 47.4 Å². The summed E-state index contributed by atoms with van der Waals surface area (Å²) in [6.07, 6.45) is -1.02. The van der Waals surface area contributed by atoms with Crippen molar-refractivity contribution in [1.29, 1.82) is 0 Å². The molecule has 2 amide bonds. The molecule has 0 saturated heterocycles. The number of pyridine rings is 1. The Bertz CT molecular complexity index is 1040. The molecule has 0 radical (unpaired) electrons. The summed E-state index contributed by atoms with van der Waals surface area (Å²) in [5, 5.41) is 31.8. The second kappa shape index (κ2) is 10.5. The number of carbonyl (C=O) groups excluding carboxylic acids is 1. The number of anilines is 1. The molecule has 178 valence electrons. The van der Waals surface area contributed by atoms with E-state index in [1.54, 1.807) is 20.8 Å². The highest BCUT2D eigenvalue weighted by Gasteiger charge is 2.23. The Morgan fingerprint density at radius 3 is 2.52 bits per heavy atom. The third-order valence-electron chi connectivity index (χ3n) is 3.97. The quantitative estimate of drug-likeness (QED) is 0.388. The predicted molar refractivity (Wildman–Crippen MR) is 113 cm³/mol. The highest BCUT2D eigenvalue weighted by atomic mass is 19.1. The van der Waals surface area contributed by atoms with Crippen molar-refractivity contribution in [2.24, 2.45) is 0 Å². The van der Waals surface area contributed by atoms with Gasteiger partial charge in [0.2, 0.25) is 0 Å². The maximum atomic E-state index is 14.4. The number of rotatable bonds is 8. The number of carboxylic acid groups (broad SMARTS) is 1. The molecule has 0 aliphatic heterocycles. The number of carbonyl (C=O) groups is 2. The first-order valence-corrected chi connectivity index (χ1v) is 9.59. The molecular weight excluding hydrogens is 443 g/mol. The van der Waals surface area contributed by atoms with E-state index >= 15 is 0 Å². The third-order valence-corrected chi connectivity index (χ3v) is 3.97. The summed E-state index contributed by atoms with van der Waals surface area (Å²) in [6, 6.07) is 4.05. The lowest BCUT2D eigenvalue weighted by Crippen LogP contribution is -2.33. The number of aromatic nitrogens is 1. The molecule has 33 heavy (non-hydrogen) atoms. The molecule has 0 aliphatic carbocycles. The van der Waals surface area contributed by atoms with Crippen LogP contribution in [0.5, 0.6) is 11.5 Å². The van der Waals surface area contributed by atoms with Crippen molar-refractivity contribution >= 4 is 23.7 Å². The van der Waals surface area contributed by atoms with Crippen LogP contribution in [0.25, 0.3) is 0 Å². The molecule has 0 spiro atoms. The predicted octanol–water partition coefficient (Wildman–Crippen LogP) is 3.74. The van der Waals surface area contributed by atoms with E-state index in [0.29, 0.717) is 6.07 Å². The highest BCUT2D eigenvalue weighted by Crippen LogP contribution is 2.33. The van der Waals surface area contributed by atoms with Crippen molar-refractivity contribution < 1.29 is 38.6 Å². The smallest absolute Gasteiger partial charge is 0.413 e. The Balaban J connectivity index is 2.47. The lowest BCUT2D eigenvalue weighted by atomic mass is 10.2. The number of hydrogen-bond donors (Lipinski definition) is 3. The number of nitrogens with one attached hydrogen (secondary N) is 1. The molecular formula is C20H23FN4O8. The largest absolute Gasteiger partial charge is 0.465 e. The van der Waals surface area contributed by atoms with Gasteiger partial charge >= 0.3 is 12.2 Å². The number of amides is 2. The minimum absolute atomic E-state index is 0.0389. The van der Waals surface area contributed by atoms with Gasteiger partial charge in [0.05, 0.1) is 29.7 Å². The van der Waals surface area contributed by atoms with Gasteiger partial charge in [0.15, 0.2) is 11.6 Å². The lowest BCUT2D eigenvalue weighted by Gasteiger charge is -2.23. The minimum Gasteiger partial charge on any atom is -0.465 e. The van der Waals surface area contributed by atoms with Crippen molar-refractivity contribution in [2.75, 3.05) is 18.5 Å². The van der Waals surface area contributed by atoms with Crippen LogP contribution in [0.4, 0.5) is 25.5 Å². The average molecular weight is 466 g/mol. The van der Waals surface area contributed by atoms with Crippen LogP contribution < -0.4 is 10.1 Å². The zero-order valence-corrected chi connectivity index (χ0v) is 18.1. The Morgan fingerprint density at radius 1 is 1.27 bits per heavy atom. The van der Waals surface area contributed by atoms with Crippen LogP contribution in [-0.2, 0) is 11.3 Å². The molecule has 0 saturated carbocycles. The van der Waals surface area contributed by atoms with Crippen molar-refractivity contribution in [3.8, 4) is 11.5 Å². The van der Waals surface area contributed by atoms with Gasteiger partial charge in [-0.1, -0.05) is 0 Å². The molecule has 2 aromatic rings. The van der Waals surface area contributed by atoms with Crippen molar-refractivity contribution in [3.63, 3.8) is 0 Å². The summed E-state index contributed by atoms with van der Waals surface area (Å²) in [6.45, 7) is 3.80.